The minimum absolute atomic E-state index is 0.533. The number of pyridine rings is 1. The van der Waals surface area contributed by atoms with Crippen LogP contribution in [-0.2, 0) is 0 Å². The van der Waals surface area contributed by atoms with Gasteiger partial charge in [0.25, 0.3) is 0 Å². The molecular weight excluding hydrogens is 276 g/mol. The van der Waals surface area contributed by atoms with Gasteiger partial charge in [-0.15, -0.1) is 0 Å². The Morgan fingerprint density at radius 1 is 0.909 bits per heavy atom. The number of benzene rings is 2. The third-order valence-electron chi connectivity index (χ3n) is 3.80. The van der Waals surface area contributed by atoms with Gasteiger partial charge in [-0.05, 0) is 42.1 Å². The third-order valence-corrected chi connectivity index (χ3v) is 3.80. The van der Waals surface area contributed by atoms with E-state index >= 15 is 0 Å². The van der Waals surface area contributed by atoms with Gasteiger partial charge in [0.05, 0.1) is 19.9 Å². The number of methoxy groups -OCH3 is 2. The minimum atomic E-state index is 0.533. The average Bonchev–Trinajstić information content (AvgIpc) is 2.55. The monoisotopic (exact) mass is 294 g/mol. The standard InChI is InChI=1S/C18H18N2O2/c1-11-5-4-6-13-14(11)10-15(20-18(13)19)12-7-8-16(21-2)17(9-12)22-3/h4-10H,1-3H3,(H2,19,20). The van der Waals surface area contributed by atoms with Crippen molar-refractivity contribution in [2.45, 2.75) is 6.92 Å². The smallest absolute Gasteiger partial charge is 0.161 e. The molecule has 0 spiro atoms. The predicted molar refractivity (Wildman–Crippen MR) is 89.4 cm³/mol. The van der Waals surface area contributed by atoms with Crippen molar-refractivity contribution < 1.29 is 9.47 Å². The van der Waals surface area contributed by atoms with Crippen molar-refractivity contribution in [1.29, 1.82) is 0 Å². The lowest BCUT2D eigenvalue weighted by atomic mass is 10.0. The van der Waals surface area contributed by atoms with Gasteiger partial charge in [-0.25, -0.2) is 4.98 Å². The Bertz CT molecular complexity index is 844. The first kappa shape index (κ1) is 14.2. The van der Waals surface area contributed by atoms with Gasteiger partial charge < -0.3 is 15.2 Å². The maximum absolute atomic E-state index is 6.12. The molecule has 0 unspecified atom stereocenters. The van der Waals surface area contributed by atoms with Crippen molar-refractivity contribution in [1.82, 2.24) is 4.98 Å². The average molecular weight is 294 g/mol. The molecule has 0 saturated carbocycles. The molecule has 0 aliphatic heterocycles. The second kappa shape index (κ2) is 5.56. The number of anilines is 1. The number of nitrogens with zero attached hydrogens (tertiary/aromatic N) is 1. The number of nitrogens with two attached hydrogens (primary N) is 1. The summed E-state index contributed by atoms with van der Waals surface area (Å²) in [5.74, 6) is 1.90. The Kier molecular flexibility index (Phi) is 3.59. The molecule has 2 aromatic carbocycles. The molecule has 4 nitrogen and oxygen atoms in total. The topological polar surface area (TPSA) is 57.4 Å². The number of hydrogen-bond acceptors (Lipinski definition) is 4. The Labute approximate surface area is 129 Å². The number of fused-ring (bicyclic) bond motifs is 1. The van der Waals surface area contributed by atoms with Gasteiger partial charge in [-0.1, -0.05) is 18.2 Å². The van der Waals surface area contributed by atoms with E-state index in [2.05, 4.69) is 24.0 Å². The van der Waals surface area contributed by atoms with Gasteiger partial charge in [0.1, 0.15) is 5.82 Å². The van der Waals surface area contributed by atoms with E-state index in [-0.39, 0.29) is 0 Å². The lowest BCUT2D eigenvalue weighted by Gasteiger charge is -2.11. The summed E-state index contributed by atoms with van der Waals surface area (Å²) in [6.07, 6.45) is 0. The Morgan fingerprint density at radius 2 is 1.68 bits per heavy atom. The Morgan fingerprint density at radius 3 is 2.41 bits per heavy atom. The second-order valence-electron chi connectivity index (χ2n) is 5.13. The quantitative estimate of drug-likeness (QED) is 0.798. The Balaban J connectivity index is 2.20. The summed E-state index contributed by atoms with van der Waals surface area (Å²) < 4.78 is 10.6. The fourth-order valence-corrected chi connectivity index (χ4v) is 2.60. The molecule has 4 heteroatoms. The van der Waals surface area contributed by atoms with E-state index in [1.807, 2.05) is 30.3 Å². The van der Waals surface area contributed by atoms with Crippen molar-refractivity contribution in [2.24, 2.45) is 0 Å². The fraction of sp³-hybridized carbons (Fsp3) is 0.167. The first-order valence-electron chi connectivity index (χ1n) is 7.02. The first-order chi connectivity index (χ1) is 10.6. The van der Waals surface area contributed by atoms with Crippen LogP contribution in [-0.4, -0.2) is 19.2 Å². The van der Waals surface area contributed by atoms with E-state index in [0.29, 0.717) is 17.3 Å². The highest BCUT2D eigenvalue weighted by Crippen LogP contribution is 2.34. The molecule has 2 N–H and O–H groups in total. The van der Waals surface area contributed by atoms with E-state index in [0.717, 1.165) is 22.0 Å². The molecule has 0 saturated heterocycles. The van der Waals surface area contributed by atoms with Crippen LogP contribution in [0.1, 0.15) is 5.56 Å². The molecule has 0 bridgehead atoms. The summed E-state index contributed by atoms with van der Waals surface area (Å²) in [6.45, 7) is 2.07. The number of aromatic nitrogens is 1. The number of nitrogen functional groups attached to an aromatic ring is 1. The molecular formula is C18H18N2O2. The van der Waals surface area contributed by atoms with Crippen LogP contribution in [0.5, 0.6) is 11.5 Å². The molecule has 1 aromatic heterocycles. The summed E-state index contributed by atoms with van der Waals surface area (Å²) in [5, 5.41) is 2.09. The third kappa shape index (κ3) is 2.33. The molecule has 0 amide bonds. The summed E-state index contributed by atoms with van der Waals surface area (Å²) in [4.78, 5) is 4.52. The molecule has 0 aliphatic carbocycles. The van der Waals surface area contributed by atoms with Crippen LogP contribution in [0.15, 0.2) is 42.5 Å². The highest BCUT2D eigenvalue weighted by Gasteiger charge is 2.10. The normalized spacial score (nSPS) is 10.7. The molecule has 0 fully saturated rings. The zero-order chi connectivity index (χ0) is 15.7. The second-order valence-corrected chi connectivity index (χ2v) is 5.13. The number of ether oxygens (including phenoxy) is 2. The van der Waals surface area contributed by atoms with Gasteiger partial charge in [-0.3, -0.25) is 0 Å². The largest absolute Gasteiger partial charge is 0.493 e. The van der Waals surface area contributed by atoms with Crippen molar-refractivity contribution >= 4 is 16.6 Å². The van der Waals surface area contributed by atoms with E-state index in [1.165, 1.54) is 5.56 Å². The van der Waals surface area contributed by atoms with Gasteiger partial charge in [0.15, 0.2) is 11.5 Å². The van der Waals surface area contributed by atoms with Gasteiger partial charge in [0, 0.05) is 10.9 Å². The molecule has 0 atom stereocenters. The van der Waals surface area contributed by atoms with E-state index in [1.54, 1.807) is 14.2 Å². The summed E-state index contributed by atoms with van der Waals surface area (Å²) in [5.41, 5.74) is 9.06. The van der Waals surface area contributed by atoms with Crippen molar-refractivity contribution in [3.63, 3.8) is 0 Å². The molecule has 22 heavy (non-hydrogen) atoms. The fourth-order valence-electron chi connectivity index (χ4n) is 2.60. The van der Waals surface area contributed by atoms with E-state index < -0.39 is 0 Å². The highest BCUT2D eigenvalue weighted by atomic mass is 16.5. The molecule has 0 radical (unpaired) electrons. The van der Waals surface area contributed by atoms with Crippen LogP contribution in [0.2, 0.25) is 0 Å². The van der Waals surface area contributed by atoms with Crippen LogP contribution in [0, 0.1) is 6.92 Å². The van der Waals surface area contributed by atoms with Crippen molar-refractivity contribution in [3.8, 4) is 22.8 Å². The van der Waals surface area contributed by atoms with Gasteiger partial charge >= 0.3 is 0 Å². The van der Waals surface area contributed by atoms with E-state index in [9.17, 15) is 0 Å². The lowest BCUT2D eigenvalue weighted by molar-refractivity contribution is 0.355. The summed E-state index contributed by atoms with van der Waals surface area (Å²) in [6, 6.07) is 13.8. The summed E-state index contributed by atoms with van der Waals surface area (Å²) in [7, 11) is 3.24. The molecule has 3 aromatic rings. The minimum Gasteiger partial charge on any atom is -0.493 e. The van der Waals surface area contributed by atoms with Crippen LogP contribution in [0.4, 0.5) is 5.82 Å². The molecule has 0 aliphatic rings. The SMILES string of the molecule is COc1ccc(-c2cc3c(C)cccc3c(N)n2)cc1OC. The first-order valence-corrected chi connectivity index (χ1v) is 7.02. The van der Waals surface area contributed by atoms with Crippen LogP contribution >= 0.6 is 0 Å². The maximum Gasteiger partial charge on any atom is 0.161 e. The maximum atomic E-state index is 6.12. The van der Waals surface area contributed by atoms with Gasteiger partial charge in [0.2, 0.25) is 0 Å². The van der Waals surface area contributed by atoms with Crippen LogP contribution < -0.4 is 15.2 Å². The summed E-state index contributed by atoms with van der Waals surface area (Å²) >= 11 is 0. The zero-order valence-electron chi connectivity index (χ0n) is 12.9. The van der Waals surface area contributed by atoms with Crippen LogP contribution in [0.25, 0.3) is 22.0 Å². The van der Waals surface area contributed by atoms with E-state index in [4.69, 9.17) is 15.2 Å². The lowest BCUT2D eigenvalue weighted by Crippen LogP contribution is -1.96. The number of hydrogen-bond donors (Lipinski definition) is 1. The highest BCUT2D eigenvalue weighted by molar-refractivity contribution is 5.95. The molecule has 112 valence electrons. The number of rotatable bonds is 3. The Hall–Kier alpha value is -2.75. The van der Waals surface area contributed by atoms with Crippen LogP contribution in [0.3, 0.4) is 0 Å². The zero-order valence-corrected chi connectivity index (χ0v) is 12.9. The van der Waals surface area contributed by atoms with Gasteiger partial charge in [-0.2, -0.15) is 0 Å². The van der Waals surface area contributed by atoms with Crippen molar-refractivity contribution in [3.05, 3.63) is 48.0 Å². The predicted octanol–water partition coefficient (Wildman–Crippen LogP) is 3.81. The number of aryl methyl sites for hydroxylation is 1. The molecule has 1 heterocycles. The van der Waals surface area contributed by atoms with Crippen molar-refractivity contribution in [2.75, 3.05) is 20.0 Å². The molecule has 3 rings (SSSR count).